The van der Waals surface area contributed by atoms with Crippen molar-refractivity contribution in [1.82, 2.24) is 0 Å². The van der Waals surface area contributed by atoms with E-state index in [0.29, 0.717) is 6.42 Å². The molecule has 0 rings (SSSR count). The van der Waals surface area contributed by atoms with Crippen molar-refractivity contribution >= 4 is 11.9 Å². The lowest BCUT2D eigenvalue weighted by atomic mass is 10.1. The van der Waals surface area contributed by atoms with E-state index in [-0.39, 0.29) is 0 Å². The molecular formula is C24H44O4. The molecule has 0 atom stereocenters. The monoisotopic (exact) mass is 396 g/mol. The van der Waals surface area contributed by atoms with Gasteiger partial charge in [-0.15, -0.1) is 0 Å². The van der Waals surface area contributed by atoms with Crippen LogP contribution < -0.4 is 0 Å². The number of carbonyl (C=O) groups excluding carboxylic acids is 1. The summed E-state index contributed by atoms with van der Waals surface area (Å²) in [6.07, 6.45) is 26.6. The second kappa shape index (κ2) is 22.0. The van der Waals surface area contributed by atoms with Crippen molar-refractivity contribution < 1.29 is 19.4 Å². The molecule has 0 spiro atoms. The van der Waals surface area contributed by atoms with Crippen LogP contribution in [0.15, 0.2) is 12.2 Å². The normalized spacial score (nSPS) is 11.2. The SMILES string of the molecule is CCCCCCCC/C=C\CCCCCCCCCCCC(=O)OCC(=O)O. The first-order valence-electron chi connectivity index (χ1n) is 11.7. The van der Waals surface area contributed by atoms with Gasteiger partial charge in [0.25, 0.3) is 0 Å². The van der Waals surface area contributed by atoms with Crippen molar-refractivity contribution in [2.24, 2.45) is 0 Å². The average Bonchev–Trinajstić information content (AvgIpc) is 2.68. The molecular weight excluding hydrogens is 352 g/mol. The lowest BCUT2D eigenvalue weighted by molar-refractivity contribution is -0.155. The highest BCUT2D eigenvalue weighted by Crippen LogP contribution is 2.12. The summed E-state index contributed by atoms with van der Waals surface area (Å²) in [5.41, 5.74) is 0. The maximum atomic E-state index is 11.2. The van der Waals surface area contributed by atoms with Crippen LogP contribution in [0.1, 0.15) is 122 Å². The Balaban J connectivity index is 3.16. The summed E-state index contributed by atoms with van der Waals surface area (Å²) in [6, 6.07) is 0. The quantitative estimate of drug-likeness (QED) is 0.126. The Kier molecular flexibility index (Phi) is 20.9. The lowest BCUT2D eigenvalue weighted by Gasteiger charge is -2.03. The van der Waals surface area contributed by atoms with Crippen LogP contribution in [0.3, 0.4) is 0 Å². The predicted molar refractivity (Wildman–Crippen MR) is 117 cm³/mol. The van der Waals surface area contributed by atoms with Crippen LogP contribution in [0.2, 0.25) is 0 Å². The number of rotatable bonds is 21. The predicted octanol–water partition coefficient (Wildman–Crippen LogP) is 7.21. The zero-order chi connectivity index (χ0) is 20.7. The second-order valence-electron chi connectivity index (χ2n) is 7.80. The molecule has 0 aliphatic rings. The molecule has 0 saturated heterocycles. The van der Waals surface area contributed by atoms with Gasteiger partial charge in [0.15, 0.2) is 6.61 Å². The van der Waals surface area contributed by atoms with Gasteiger partial charge < -0.3 is 9.84 Å². The maximum Gasteiger partial charge on any atom is 0.341 e. The minimum absolute atomic E-state index is 0.333. The molecule has 4 heteroatoms. The maximum absolute atomic E-state index is 11.2. The Labute approximate surface area is 173 Å². The number of ether oxygens (including phenoxy) is 1. The lowest BCUT2D eigenvalue weighted by Crippen LogP contribution is -2.12. The van der Waals surface area contributed by atoms with E-state index in [0.717, 1.165) is 19.3 Å². The van der Waals surface area contributed by atoms with Gasteiger partial charge >= 0.3 is 11.9 Å². The van der Waals surface area contributed by atoms with E-state index >= 15 is 0 Å². The molecule has 1 N–H and O–H groups in total. The van der Waals surface area contributed by atoms with Gasteiger partial charge in [0.1, 0.15) is 0 Å². The molecule has 0 aromatic heterocycles. The van der Waals surface area contributed by atoms with Gasteiger partial charge in [-0.3, -0.25) is 4.79 Å². The summed E-state index contributed by atoms with van der Waals surface area (Å²) in [6.45, 7) is 1.74. The highest BCUT2D eigenvalue weighted by molar-refractivity contribution is 5.75. The number of hydrogen-bond donors (Lipinski definition) is 1. The van der Waals surface area contributed by atoms with E-state index in [1.807, 2.05) is 0 Å². The fraction of sp³-hybridized carbons (Fsp3) is 0.833. The number of carboxylic acid groups (broad SMARTS) is 1. The summed E-state index contributed by atoms with van der Waals surface area (Å²) < 4.78 is 4.60. The topological polar surface area (TPSA) is 63.6 Å². The third-order valence-electron chi connectivity index (χ3n) is 5.00. The molecule has 0 aliphatic heterocycles. The zero-order valence-corrected chi connectivity index (χ0v) is 18.3. The number of unbranched alkanes of at least 4 members (excludes halogenated alkanes) is 15. The summed E-state index contributed by atoms with van der Waals surface area (Å²) in [5.74, 6) is -1.50. The van der Waals surface area contributed by atoms with Gasteiger partial charge in [0.05, 0.1) is 0 Å². The van der Waals surface area contributed by atoms with Crippen molar-refractivity contribution in [3.8, 4) is 0 Å². The number of esters is 1. The largest absolute Gasteiger partial charge is 0.479 e. The second-order valence-corrected chi connectivity index (χ2v) is 7.80. The van der Waals surface area contributed by atoms with Crippen molar-refractivity contribution in [3.05, 3.63) is 12.2 Å². The molecule has 4 nitrogen and oxygen atoms in total. The minimum Gasteiger partial charge on any atom is -0.479 e. The first-order chi connectivity index (χ1) is 13.7. The third kappa shape index (κ3) is 22.7. The molecule has 0 aromatic carbocycles. The molecule has 0 heterocycles. The van der Waals surface area contributed by atoms with Gasteiger partial charge in [-0.25, -0.2) is 4.79 Å². The van der Waals surface area contributed by atoms with E-state index in [1.165, 1.54) is 89.9 Å². The highest BCUT2D eigenvalue weighted by atomic mass is 16.5. The molecule has 0 bridgehead atoms. The molecule has 0 aromatic rings. The number of allylic oxidation sites excluding steroid dienone is 2. The number of aliphatic carboxylic acids is 1. The fourth-order valence-corrected chi connectivity index (χ4v) is 3.26. The van der Waals surface area contributed by atoms with E-state index < -0.39 is 18.5 Å². The van der Waals surface area contributed by atoms with E-state index in [4.69, 9.17) is 5.11 Å². The van der Waals surface area contributed by atoms with Gasteiger partial charge in [-0.1, -0.05) is 96.1 Å². The molecule has 164 valence electrons. The fourth-order valence-electron chi connectivity index (χ4n) is 3.26. The summed E-state index contributed by atoms with van der Waals surface area (Å²) in [7, 11) is 0. The standard InChI is InChI=1S/C24H44O4/c1-2-3-4-5-6-7-8-9-10-11-12-13-14-15-16-17-18-19-20-21-24(27)28-22-23(25)26/h9-10H,2-8,11-22H2,1H3,(H,25,26)/b10-9-. The first kappa shape index (κ1) is 26.7. The number of carbonyl (C=O) groups is 2. The van der Waals surface area contributed by atoms with Gasteiger partial charge in [-0.2, -0.15) is 0 Å². The van der Waals surface area contributed by atoms with E-state index in [1.54, 1.807) is 0 Å². The Morgan fingerprint density at radius 1 is 0.679 bits per heavy atom. The Morgan fingerprint density at radius 2 is 1.11 bits per heavy atom. The molecule has 0 fully saturated rings. The molecule has 0 saturated carbocycles. The van der Waals surface area contributed by atoms with Crippen LogP contribution >= 0.6 is 0 Å². The van der Waals surface area contributed by atoms with Gasteiger partial charge in [-0.05, 0) is 32.1 Å². The van der Waals surface area contributed by atoms with E-state index in [2.05, 4.69) is 23.8 Å². The van der Waals surface area contributed by atoms with Crippen molar-refractivity contribution in [2.45, 2.75) is 122 Å². The Hall–Kier alpha value is -1.32. The Morgan fingerprint density at radius 3 is 1.57 bits per heavy atom. The molecule has 0 amide bonds. The van der Waals surface area contributed by atoms with Gasteiger partial charge in [0, 0.05) is 6.42 Å². The van der Waals surface area contributed by atoms with Crippen LogP contribution in [0.5, 0.6) is 0 Å². The smallest absolute Gasteiger partial charge is 0.341 e. The van der Waals surface area contributed by atoms with Crippen LogP contribution in [0, 0.1) is 0 Å². The molecule has 0 radical (unpaired) electrons. The Bertz CT molecular complexity index is 390. The summed E-state index contributed by atoms with van der Waals surface area (Å²) in [5, 5.41) is 8.42. The van der Waals surface area contributed by atoms with Crippen molar-refractivity contribution in [2.75, 3.05) is 6.61 Å². The highest BCUT2D eigenvalue weighted by Gasteiger charge is 2.05. The molecule has 0 unspecified atom stereocenters. The minimum atomic E-state index is -1.10. The van der Waals surface area contributed by atoms with Crippen LogP contribution in [0.25, 0.3) is 0 Å². The van der Waals surface area contributed by atoms with E-state index in [9.17, 15) is 9.59 Å². The number of carboxylic acids is 1. The van der Waals surface area contributed by atoms with Crippen molar-refractivity contribution in [3.63, 3.8) is 0 Å². The summed E-state index contributed by atoms with van der Waals surface area (Å²) >= 11 is 0. The van der Waals surface area contributed by atoms with Crippen LogP contribution in [-0.4, -0.2) is 23.7 Å². The van der Waals surface area contributed by atoms with Crippen LogP contribution in [0.4, 0.5) is 0 Å². The average molecular weight is 397 g/mol. The first-order valence-corrected chi connectivity index (χ1v) is 11.7. The summed E-state index contributed by atoms with van der Waals surface area (Å²) in [4.78, 5) is 21.5. The molecule has 0 aliphatic carbocycles. The molecule has 28 heavy (non-hydrogen) atoms. The third-order valence-corrected chi connectivity index (χ3v) is 5.00. The van der Waals surface area contributed by atoms with Gasteiger partial charge in [0.2, 0.25) is 0 Å². The zero-order valence-electron chi connectivity index (χ0n) is 18.3. The number of hydrogen-bond acceptors (Lipinski definition) is 3. The van der Waals surface area contributed by atoms with Crippen molar-refractivity contribution in [1.29, 1.82) is 0 Å². The van der Waals surface area contributed by atoms with Crippen LogP contribution in [-0.2, 0) is 14.3 Å².